The molecule has 2 nitrogen and oxygen atoms in total. The molecule has 0 amide bonds. The third-order valence-electron chi connectivity index (χ3n) is 2.33. The Morgan fingerprint density at radius 2 is 1.67 bits per heavy atom. The second-order valence-electron chi connectivity index (χ2n) is 3.69. The Labute approximate surface area is 137 Å². The van der Waals surface area contributed by atoms with E-state index in [2.05, 4.69) is 10.3 Å². The van der Waals surface area contributed by atoms with Crippen LogP contribution in [0.25, 0.3) is 5.32 Å². The van der Waals surface area contributed by atoms with Crippen molar-refractivity contribution in [3.8, 4) is 0 Å². The van der Waals surface area contributed by atoms with Crippen LogP contribution in [-0.2, 0) is 26.6 Å². The molecule has 0 saturated heterocycles. The van der Waals surface area contributed by atoms with Gasteiger partial charge in [0.05, 0.1) is 11.3 Å². The van der Waals surface area contributed by atoms with Crippen LogP contribution < -0.4 is 0 Å². The van der Waals surface area contributed by atoms with E-state index in [1.54, 1.807) is 18.5 Å². The molecule has 0 saturated carbocycles. The molecule has 1 aliphatic rings. The Hall–Kier alpha value is -1.38. The minimum Gasteiger partial charge on any atom is -0.680 e. The molecule has 2 rings (SSSR count). The number of benzene rings is 1. The van der Waals surface area contributed by atoms with Gasteiger partial charge < -0.3 is 20.2 Å². The summed E-state index contributed by atoms with van der Waals surface area (Å²) in [5, 5.41) is 4.10. The van der Waals surface area contributed by atoms with Crippen molar-refractivity contribution in [3.63, 3.8) is 0 Å². The Morgan fingerprint density at radius 1 is 1.05 bits per heavy atom. The van der Waals surface area contributed by atoms with Gasteiger partial charge in [-0.25, -0.2) is 0 Å². The summed E-state index contributed by atoms with van der Waals surface area (Å²) < 4.78 is 37.0. The first kappa shape index (κ1) is 21.9. The zero-order valence-corrected chi connectivity index (χ0v) is 13.2. The van der Waals surface area contributed by atoms with Crippen molar-refractivity contribution in [2.24, 2.45) is 4.99 Å². The number of allylic oxidation sites excluding steroid dienone is 2. The average molecular weight is 388 g/mol. The normalized spacial score (nSPS) is 16.4. The molecule has 1 heterocycles. The number of alkyl halides is 3. The number of hydrogen-bond acceptors (Lipinski definition) is 1. The first-order valence-corrected chi connectivity index (χ1v) is 5.30. The fourth-order valence-electron chi connectivity index (χ4n) is 1.41. The summed E-state index contributed by atoms with van der Waals surface area (Å²) in [5.74, 6) is 0. The second-order valence-corrected chi connectivity index (χ2v) is 3.69. The van der Waals surface area contributed by atoms with Crippen molar-refractivity contribution in [1.82, 2.24) is 0 Å². The van der Waals surface area contributed by atoms with Gasteiger partial charge in [-0.1, -0.05) is 24.3 Å². The first-order chi connectivity index (χ1) is 8.55. The molecule has 0 bridgehead atoms. The maximum atomic E-state index is 12.3. The van der Waals surface area contributed by atoms with Gasteiger partial charge in [-0.2, -0.15) is 19.4 Å². The van der Waals surface area contributed by atoms with Gasteiger partial charge in [0.1, 0.15) is 0 Å². The summed E-state index contributed by atoms with van der Waals surface area (Å²) in [6.07, 6.45) is 4.41. The predicted molar refractivity (Wildman–Crippen MR) is 77.9 cm³/mol. The Bertz CT molecular complexity index is 491. The minimum atomic E-state index is -4.31. The maximum absolute atomic E-state index is 12.3. The molecule has 0 fully saturated rings. The SMILES string of the molecule is FC(F)(F)c1ccc(N=CC2C=CC=C[N-]2)cc1.[CH3-].[CH3-].[Pd+2]. The van der Waals surface area contributed by atoms with Crippen molar-refractivity contribution < 1.29 is 33.6 Å². The molecule has 0 N–H and O–H groups in total. The summed E-state index contributed by atoms with van der Waals surface area (Å²) >= 11 is 0. The van der Waals surface area contributed by atoms with Gasteiger partial charge >= 0.3 is 26.6 Å². The number of nitrogens with zero attached hydrogens (tertiary/aromatic N) is 2. The maximum Gasteiger partial charge on any atom is 2.00 e. The number of rotatable bonds is 2. The van der Waals surface area contributed by atoms with E-state index in [1.165, 1.54) is 12.1 Å². The standard InChI is InChI=1S/C13H10F3N2.2CH3.Pd/c14-13(15,16)10-4-6-11(7-5-10)18-9-12-3-1-2-8-17-12;;;/h1-9,12H;2*1H3;/q3*-1;+2. The predicted octanol–water partition coefficient (Wildman–Crippen LogP) is 5.13. The topological polar surface area (TPSA) is 26.5 Å². The molecule has 1 atom stereocenters. The molecule has 118 valence electrons. The summed E-state index contributed by atoms with van der Waals surface area (Å²) in [4.78, 5) is 4.08. The van der Waals surface area contributed by atoms with Crippen LogP contribution in [0, 0.1) is 14.9 Å². The van der Waals surface area contributed by atoms with E-state index in [0.717, 1.165) is 12.1 Å². The van der Waals surface area contributed by atoms with Gasteiger partial charge in [0.25, 0.3) is 0 Å². The fourth-order valence-corrected chi connectivity index (χ4v) is 1.41. The van der Waals surface area contributed by atoms with Crippen LogP contribution in [0.2, 0.25) is 0 Å². The average Bonchev–Trinajstić information content (AvgIpc) is 2.37. The van der Waals surface area contributed by atoms with Crippen LogP contribution in [0.15, 0.2) is 53.7 Å². The van der Waals surface area contributed by atoms with Crippen LogP contribution in [0.3, 0.4) is 0 Å². The van der Waals surface area contributed by atoms with Gasteiger partial charge in [0.2, 0.25) is 0 Å². The Kier molecular flexibility index (Phi) is 9.95. The summed E-state index contributed by atoms with van der Waals surface area (Å²) in [6.45, 7) is 0. The Morgan fingerprint density at radius 3 is 2.14 bits per heavy atom. The quantitative estimate of drug-likeness (QED) is 0.382. The molecule has 1 aliphatic heterocycles. The molecule has 1 unspecified atom stereocenters. The van der Waals surface area contributed by atoms with Crippen molar-refractivity contribution in [2.75, 3.05) is 0 Å². The van der Waals surface area contributed by atoms with E-state index in [1.807, 2.05) is 12.2 Å². The molecule has 6 heteroatoms. The third kappa shape index (κ3) is 6.74. The molecule has 0 spiro atoms. The van der Waals surface area contributed by atoms with E-state index >= 15 is 0 Å². The number of halogens is 3. The molecule has 1 aromatic carbocycles. The molecular weight excluding hydrogens is 372 g/mol. The van der Waals surface area contributed by atoms with Gasteiger partial charge in [-0.15, -0.1) is 0 Å². The fraction of sp³-hybridized carbons (Fsp3) is 0.133. The minimum absolute atomic E-state index is 0. The molecular formula is C15H16F3N2Pd-. The Balaban J connectivity index is 0. The van der Waals surface area contributed by atoms with Crippen LogP contribution >= 0.6 is 0 Å². The van der Waals surface area contributed by atoms with Gasteiger partial charge in [0, 0.05) is 0 Å². The largest absolute Gasteiger partial charge is 2.00 e. The second kappa shape index (κ2) is 9.54. The van der Waals surface area contributed by atoms with Gasteiger partial charge in [-0.05, 0) is 30.5 Å². The summed E-state index contributed by atoms with van der Waals surface area (Å²) in [7, 11) is 0. The zero-order valence-electron chi connectivity index (χ0n) is 11.6. The first-order valence-electron chi connectivity index (χ1n) is 5.30. The van der Waals surface area contributed by atoms with Crippen molar-refractivity contribution in [3.05, 3.63) is 74.4 Å². The number of hydrogen-bond donors (Lipinski definition) is 0. The van der Waals surface area contributed by atoms with Crippen molar-refractivity contribution >= 4 is 11.9 Å². The van der Waals surface area contributed by atoms with E-state index < -0.39 is 11.7 Å². The molecule has 0 aliphatic carbocycles. The van der Waals surface area contributed by atoms with Gasteiger partial charge in [0.15, 0.2) is 0 Å². The third-order valence-corrected chi connectivity index (χ3v) is 2.33. The smallest absolute Gasteiger partial charge is 0.680 e. The van der Waals surface area contributed by atoms with Crippen molar-refractivity contribution in [1.29, 1.82) is 0 Å². The van der Waals surface area contributed by atoms with E-state index in [0.29, 0.717) is 5.69 Å². The van der Waals surface area contributed by atoms with Crippen molar-refractivity contribution in [2.45, 2.75) is 12.2 Å². The summed E-state index contributed by atoms with van der Waals surface area (Å²) in [5.41, 5.74) is -0.201. The van der Waals surface area contributed by atoms with Crippen LogP contribution in [0.4, 0.5) is 18.9 Å². The van der Waals surface area contributed by atoms with E-state index in [9.17, 15) is 13.2 Å². The van der Waals surface area contributed by atoms with Crippen LogP contribution in [-0.4, -0.2) is 12.3 Å². The molecule has 21 heavy (non-hydrogen) atoms. The molecule has 1 aromatic rings. The van der Waals surface area contributed by atoms with E-state index in [4.69, 9.17) is 0 Å². The molecule has 0 radical (unpaired) electrons. The monoisotopic (exact) mass is 387 g/mol. The van der Waals surface area contributed by atoms with Crippen LogP contribution in [0.5, 0.6) is 0 Å². The summed E-state index contributed by atoms with van der Waals surface area (Å²) in [6, 6.07) is 4.54. The van der Waals surface area contributed by atoms with E-state index in [-0.39, 0.29) is 41.3 Å². The number of aliphatic imine (C=N–C) groups is 1. The zero-order chi connectivity index (χ0) is 13.0. The van der Waals surface area contributed by atoms with Gasteiger partial charge in [-0.3, -0.25) is 4.99 Å². The van der Waals surface area contributed by atoms with Crippen LogP contribution in [0.1, 0.15) is 5.56 Å². The molecule has 0 aromatic heterocycles.